The van der Waals surface area contributed by atoms with Gasteiger partial charge in [-0.3, -0.25) is 4.79 Å². The molecule has 5 rings (SSSR count). The molecule has 0 bridgehead atoms. The zero-order valence-electron chi connectivity index (χ0n) is 16.6. The first-order valence-corrected chi connectivity index (χ1v) is 11.4. The SMILES string of the molecule is Cc1nn(-c2ccc(F)cc2)c2sc(C(=O)OCC(=O)N3CCc4sccc4C3)cc12. The van der Waals surface area contributed by atoms with Gasteiger partial charge in [0.2, 0.25) is 0 Å². The number of ether oxygens (including phenoxy) is 1. The van der Waals surface area contributed by atoms with Crippen LogP contribution < -0.4 is 0 Å². The Bertz CT molecular complexity index is 1290. The van der Waals surface area contributed by atoms with E-state index in [-0.39, 0.29) is 18.3 Å². The normalized spacial score (nSPS) is 13.4. The van der Waals surface area contributed by atoms with Crippen molar-refractivity contribution < 1.29 is 18.7 Å². The number of benzene rings is 1. The van der Waals surface area contributed by atoms with Crippen LogP contribution in [0.15, 0.2) is 41.8 Å². The van der Waals surface area contributed by atoms with Crippen LogP contribution in [0, 0.1) is 12.7 Å². The lowest BCUT2D eigenvalue weighted by molar-refractivity contribution is -0.135. The number of hydrogen-bond acceptors (Lipinski definition) is 6. The fourth-order valence-corrected chi connectivity index (χ4v) is 5.62. The summed E-state index contributed by atoms with van der Waals surface area (Å²) in [6.07, 6.45) is 0.835. The highest BCUT2D eigenvalue weighted by Gasteiger charge is 2.24. The molecule has 0 aliphatic carbocycles. The van der Waals surface area contributed by atoms with Crippen molar-refractivity contribution in [1.29, 1.82) is 0 Å². The number of fused-ring (bicyclic) bond motifs is 2. The van der Waals surface area contributed by atoms with Crippen LogP contribution in [0.1, 0.15) is 25.8 Å². The zero-order chi connectivity index (χ0) is 21.5. The van der Waals surface area contributed by atoms with E-state index in [0.717, 1.165) is 22.3 Å². The van der Waals surface area contributed by atoms with Gasteiger partial charge in [0, 0.05) is 23.4 Å². The minimum Gasteiger partial charge on any atom is -0.451 e. The van der Waals surface area contributed by atoms with Crippen molar-refractivity contribution in [3.63, 3.8) is 0 Å². The molecular formula is C22H18FN3O3S2. The molecule has 0 saturated heterocycles. The van der Waals surface area contributed by atoms with Crippen LogP contribution in [0.5, 0.6) is 0 Å². The molecule has 0 N–H and O–H groups in total. The van der Waals surface area contributed by atoms with Crippen molar-refractivity contribution in [2.45, 2.75) is 19.9 Å². The fourth-order valence-electron chi connectivity index (χ4n) is 3.66. The third-order valence-electron chi connectivity index (χ3n) is 5.30. The van der Waals surface area contributed by atoms with Crippen LogP contribution in [0.2, 0.25) is 0 Å². The summed E-state index contributed by atoms with van der Waals surface area (Å²) in [6.45, 7) is 2.77. The molecule has 1 amide bonds. The van der Waals surface area contributed by atoms with Crippen LogP contribution in [0.25, 0.3) is 15.9 Å². The van der Waals surface area contributed by atoms with E-state index in [9.17, 15) is 14.0 Å². The van der Waals surface area contributed by atoms with E-state index in [1.54, 1.807) is 39.1 Å². The predicted octanol–water partition coefficient (Wildman–Crippen LogP) is 4.34. The topological polar surface area (TPSA) is 64.4 Å². The predicted molar refractivity (Wildman–Crippen MR) is 117 cm³/mol. The molecule has 1 aromatic carbocycles. The Balaban J connectivity index is 1.29. The first kappa shape index (κ1) is 19.9. The maximum Gasteiger partial charge on any atom is 0.348 e. The van der Waals surface area contributed by atoms with Gasteiger partial charge in [-0.15, -0.1) is 22.7 Å². The lowest BCUT2D eigenvalue weighted by Gasteiger charge is -2.26. The first-order chi connectivity index (χ1) is 15.0. The van der Waals surface area contributed by atoms with Gasteiger partial charge in [0.25, 0.3) is 5.91 Å². The molecule has 0 unspecified atom stereocenters. The number of halogens is 1. The molecule has 0 fully saturated rings. The van der Waals surface area contributed by atoms with Crippen LogP contribution in [-0.2, 0) is 22.5 Å². The van der Waals surface area contributed by atoms with Crippen LogP contribution in [0.4, 0.5) is 4.39 Å². The number of nitrogens with zero attached hydrogens (tertiary/aromatic N) is 3. The molecule has 1 aliphatic rings. The largest absolute Gasteiger partial charge is 0.451 e. The van der Waals surface area contributed by atoms with Gasteiger partial charge in [-0.1, -0.05) is 0 Å². The third-order valence-corrected chi connectivity index (χ3v) is 7.42. The van der Waals surface area contributed by atoms with Crippen LogP contribution in [-0.4, -0.2) is 39.7 Å². The summed E-state index contributed by atoms with van der Waals surface area (Å²) < 4.78 is 20.3. The van der Waals surface area contributed by atoms with Crippen LogP contribution >= 0.6 is 22.7 Å². The van der Waals surface area contributed by atoms with Gasteiger partial charge in [-0.05, 0) is 60.7 Å². The van der Waals surface area contributed by atoms with Gasteiger partial charge in [0.15, 0.2) is 6.61 Å². The molecule has 9 heteroatoms. The monoisotopic (exact) mass is 455 g/mol. The molecule has 3 aromatic heterocycles. The Hall–Kier alpha value is -3.04. The number of carbonyl (C=O) groups is 2. The molecule has 1 aliphatic heterocycles. The van der Waals surface area contributed by atoms with E-state index < -0.39 is 5.97 Å². The maximum atomic E-state index is 13.3. The quantitative estimate of drug-likeness (QED) is 0.430. The Morgan fingerprint density at radius 2 is 2.03 bits per heavy atom. The first-order valence-electron chi connectivity index (χ1n) is 9.75. The van der Waals surface area contributed by atoms with Crippen molar-refractivity contribution in [1.82, 2.24) is 14.7 Å². The Labute approximate surface area is 185 Å². The summed E-state index contributed by atoms with van der Waals surface area (Å²) in [5.74, 6) is -1.05. The molecule has 158 valence electrons. The standard InChI is InChI=1S/C22H18FN3O3S2/c1-13-17-10-19(31-21(17)26(24-13)16-4-2-15(23)3-5-16)22(28)29-12-20(27)25-8-6-18-14(11-25)7-9-30-18/h2-5,7,9-10H,6,8,11-12H2,1H3. The van der Waals surface area contributed by atoms with Gasteiger partial charge >= 0.3 is 5.97 Å². The van der Waals surface area contributed by atoms with E-state index in [2.05, 4.69) is 5.10 Å². The summed E-state index contributed by atoms with van der Waals surface area (Å²) >= 11 is 2.95. The Morgan fingerprint density at radius 1 is 1.23 bits per heavy atom. The van der Waals surface area contributed by atoms with Crippen LogP contribution in [0.3, 0.4) is 0 Å². The van der Waals surface area contributed by atoms with Gasteiger partial charge in [0.05, 0.1) is 11.4 Å². The molecule has 4 heterocycles. The van der Waals surface area contributed by atoms with E-state index in [4.69, 9.17) is 4.74 Å². The summed E-state index contributed by atoms with van der Waals surface area (Å²) in [6, 6.07) is 9.77. The van der Waals surface area contributed by atoms with Gasteiger partial charge in [-0.2, -0.15) is 5.10 Å². The highest BCUT2D eigenvalue weighted by molar-refractivity contribution is 7.20. The van der Waals surface area contributed by atoms with Gasteiger partial charge in [0.1, 0.15) is 15.5 Å². The van der Waals surface area contributed by atoms with Crippen molar-refractivity contribution in [3.8, 4) is 5.69 Å². The van der Waals surface area contributed by atoms with E-state index >= 15 is 0 Å². The Morgan fingerprint density at radius 3 is 2.84 bits per heavy atom. The number of esters is 1. The molecule has 4 aromatic rings. The minimum atomic E-state index is -0.534. The molecule has 0 atom stereocenters. The number of thiophene rings is 2. The van der Waals surface area contributed by atoms with Gasteiger partial charge in [-0.25, -0.2) is 13.9 Å². The average Bonchev–Trinajstić information content (AvgIpc) is 3.48. The summed E-state index contributed by atoms with van der Waals surface area (Å²) in [5, 5.41) is 7.36. The number of rotatable bonds is 4. The molecule has 31 heavy (non-hydrogen) atoms. The van der Waals surface area contributed by atoms with Crippen molar-refractivity contribution in [2.24, 2.45) is 0 Å². The average molecular weight is 456 g/mol. The number of amides is 1. The molecule has 0 spiro atoms. The van der Waals surface area contributed by atoms with E-state index in [1.807, 2.05) is 18.4 Å². The van der Waals surface area contributed by atoms with Gasteiger partial charge < -0.3 is 9.64 Å². The second-order valence-electron chi connectivity index (χ2n) is 7.31. The number of aromatic nitrogens is 2. The molecule has 0 saturated carbocycles. The number of hydrogen-bond donors (Lipinski definition) is 0. The third kappa shape index (κ3) is 3.75. The minimum absolute atomic E-state index is 0.194. The van der Waals surface area contributed by atoms with E-state index in [1.165, 1.54) is 33.9 Å². The second kappa shape index (κ2) is 7.90. The zero-order valence-corrected chi connectivity index (χ0v) is 18.3. The fraction of sp³-hybridized carbons (Fsp3) is 0.227. The lowest BCUT2D eigenvalue weighted by atomic mass is 10.1. The molecule has 0 radical (unpaired) electrons. The van der Waals surface area contributed by atoms with Crippen molar-refractivity contribution in [2.75, 3.05) is 13.2 Å². The van der Waals surface area contributed by atoms with Crippen molar-refractivity contribution in [3.05, 3.63) is 68.6 Å². The smallest absolute Gasteiger partial charge is 0.348 e. The van der Waals surface area contributed by atoms with E-state index in [0.29, 0.717) is 23.7 Å². The Kier molecular flexibility index (Phi) is 5.07. The number of aryl methyl sites for hydroxylation is 1. The summed E-state index contributed by atoms with van der Waals surface area (Å²) in [4.78, 5) is 29.3. The van der Waals surface area contributed by atoms with Crippen molar-refractivity contribution >= 4 is 44.8 Å². The summed E-state index contributed by atoms with van der Waals surface area (Å²) in [5.41, 5.74) is 2.63. The summed E-state index contributed by atoms with van der Waals surface area (Å²) in [7, 11) is 0. The highest BCUT2D eigenvalue weighted by atomic mass is 32.1. The maximum absolute atomic E-state index is 13.3. The number of carbonyl (C=O) groups excluding carboxylic acids is 2. The second-order valence-corrected chi connectivity index (χ2v) is 9.34. The highest BCUT2D eigenvalue weighted by Crippen LogP contribution is 2.31. The molecular weight excluding hydrogens is 437 g/mol. The lowest BCUT2D eigenvalue weighted by Crippen LogP contribution is -2.38. The molecule has 6 nitrogen and oxygen atoms in total.